The molecule has 0 radical (unpaired) electrons. The van der Waals surface area contributed by atoms with E-state index in [1.807, 2.05) is 6.08 Å². The fourth-order valence-corrected chi connectivity index (χ4v) is 3.17. The monoisotopic (exact) mass is 388 g/mol. The Kier molecular flexibility index (Phi) is 6.94. The minimum atomic E-state index is -0.857. The maximum absolute atomic E-state index is 12.0. The second kappa shape index (κ2) is 8.82. The van der Waals surface area contributed by atoms with Gasteiger partial charge in [0.2, 0.25) is 0 Å². The van der Waals surface area contributed by atoms with Crippen molar-refractivity contribution in [3.8, 4) is 17.2 Å². The number of aliphatic hydroxyl groups excluding tert-OH is 1. The lowest BCUT2D eigenvalue weighted by atomic mass is 9.88. The third kappa shape index (κ3) is 5.16. The Morgan fingerprint density at radius 3 is 2.57 bits per heavy atom. The van der Waals surface area contributed by atoms with Gasteiger partial charge in [-0.15, -0.1) is 0 Å². The highest BCUT2D eigenvalue weighted by Crippen LogP contribution is 2.45. The maximum atomic E-state index is 12.0. The molecule has 0 aromatic heterocycles. The molecule has 2 N–H and O–H groups in total. The molecule has 2 rings (SSSR count). The van der Waals surface area contributed by atoms with Gasteiger partial charge in [0.25, 0.3) is 0 Å². The quantitative estimate of drug-likeness (QED) is 0.521. The molecule has 1 atom stereocenters. The van der Waals surface area contributed by atoms with Gasteiger partial charge in [-0.05, 0) is 60.5 Å². The Balaban J connectivity index is 2.25. The van der Waals surface area contributed by atoms with E-state index in [1.165, 1.54) is 24.1 Å². The van der Waals surface area contributed by atoms with Gasteiger partial charge in [0.05, 0.1) is 6.10 Å². The van der Waals surface area contributed by atoms with Gasteiger partial charge in [-0.25, -0.2) is 0 Å². The Morgan fingerprint density at radius 1 is 1.29 bits per heavy atom. The molecule has 1 aromatic carbocycles. The Morgan fingerprint density at radius 2 is 1.96 bits per heavy atom. The SMILES string of the molecule is CC(=O)c1c(O)cc(OCC=C(C)CCC=C(C)C)c2c1OC(C)(C)C(O)C2. The number of ether oxygens (including phenoxy) is 2. The van der Waals surface area contributed by atoms with Crippen LogP contribution in [0.1, 0.15) is 70.3 Å². The van der Waals surface area contributed by atoms with Gasteiger partial charge in [-0.1, -0.05) is 17.2 Å². The number of hydrogen-bond donors (Lipinski definition) is 2. The highest BCUT2D eigenvalue weighted by atomic mass is 16.5. The Hall–Kier alpha value is -2.27. The van der Waals surface area contributed by atoms with Gasteiger partial charge in [0.15, 0.2) is 5.78 Å². The molecule has 1 heterocycles. The first kappa shape index (κ1) is 22.0. The highest BCUT2D eigenvalue weighted by Gasteiger charge is 2.39. The first-order valence-corrected chi connectivity index (χ1v) is 9.71. The zero-order chi connectivity index (χ0) is 21.1. The van der Waals surface area contributed by atoms with Crippen LogP contribution in [0.5, 0.6) is 17.2 Å². The van der Waals surface area contributed by atoms with Crippen molar-refractivity contribution < 1.29 is 24.5 Å². The van der Waals surface area contributed by atoms with E-state index in [2.05, 4.69) is 26.8 Å². The predicted molar refractivity (Wildman–Crippen MR) is 110 cm³/mol. The first-order chi connectivity index (χ1) is 13.0. The minimum Gasteiger partial charge on any atom is -0.507 e. The molecule has 154 valence electrons. The van der Waals surface area contributed by atoms with E-state index in [1.54, 1.807) is 13.8 Å². The van der Waals surface area contributed by atoms with Crippen molar-refractivity contribution in [1.29, 1.82) is 0 Å². The lowest BCUT2D eigenvalue weighted by Crippen LogP contribution is -2.46. The fraction of sp³-hybridized carbons (Fsp3) is 0.522. The van der Waals surface area contributed by atoms with Crippen LogP contribution in [0.3, 0.4) is 0 Å². The number of rotatable bonds is 7. The summed E-state index contributed by atoms with van der Waals surface area (Å²) in [6.07, 6.45) is 5.70. The Labute approximate surface area is 167 Å². The number of benzene rings is 1. The van der Waals surface area contributed by atoms with E-state index < -0.39 is 11.7 Å². The summed E-state index contributed by atoms with van der Waals surface area (Å²) in [4.78, 5) is 12.0. The molecule has 5 heteroatoms. The molecule has 1 aromatic rings. The van der Waals surface area contributed by atoms with Crippen LogP contribution in [0, 0.1) is 0 Å². The smallest absolute Gasteiger partial charge is 0.167 e. The van der Waals surface area contributed by atoms with Crippen LogP contribution in [-0.2, 0) is 6.42 Å². The number of carbonyl (C=O) groups is 1. The summed E-state index contributed by atoms with van der Waals surface area (Å²) < 4.78 is 11.8. The number of allylic oxidation sites excluding steroid dienone is 3. The second-order valence-electron chi connectivity index (χ2n) is 8.24. The van der Waals surface area contributed by atoms with E-state index in [0.717, 1.165) is 12.8 Å². The van der Waals surface area contributed by atoms with Gasteiger partial charge in [0.1, 0.15) is 35.0 Å². The van der Waals surface area contributed by atoms with Crippen molar-refractivity contribution in [3.05, 3.63) is 40.5 Å². The molecule has 0 bridgehead atoms. The number of phenolic OH excluding ortho intramolecular Hbond substituents is 1. The van der Waals surface area contributed by atoms with Crippen molar-refractivity contribution in [1.82, 2.24) is 0 Å². The molecule has 0 amide bonds. The van der Waals surface area contributed by atoms with Crippen molar-refractivity contribution in [2.75, 3.05) is 6.61 Å². The van der Waals surface area contributed by atoms with Crippen LogP contribution in [-0.4, -0.2) is 34.3 Å². The number of aliphatic hydroxyl groups is 1. The fourth-order valence-electron chi connectivity index (χ4n) is 3.17. The standard InChI is InChI=1S/C23H32O5/c1-14(2)8-7-9-15(3)10-11-27-19-13-18(25)21(16(4)24)22-17(19)12-20(26)23(5,6)28-22/h8,10,13,20,25-26H,7,9,11-12H2,1-6H3. The molecule has 1 aliphatic heterocycles. The number of hydrogen-bond acceptors (Lipinski definition) is 5. The summed E-state index contributed by atoms with van der Waals surface area (Å²) in [6, 6.07) is 1.44. The predicted octanol–water partition coefficient (Wildman–Crippen LogP) is 4.74. The molecule has 28 heavy (non-hydrogen) atoms. The zero-order valence-corrected chi connectivity index (χ0v) is 17.8. The summed E-state index contributed by atoms with van der Waals surface area (Å²) in [5, 5.41) is 20.8. The summed E-state index contributed by atoms with van der Waals surface area (Å²) in [7, 11) is 0. The van der Waals surface area contributed by atoms with E-state index >= 15 is 0 Å². The Bertz CT molecular complexity index is 798. The average molecular weight is 389 g/mol. The zero-order valence-electron chi connectivity index (χ0n) is 17.8. The van der Waals surface area contributed by atoms with Crippen molar-refractivity contribution >= 4 is 5.78 Å². The first-order valence-electron chi connectivity index (χ1n) is 9.71. The van der Waals surface area contributed by atoms with Gasteiger partial charge in [-0.3, -0.25) is 4.79 Å². The average Bonchev–Trinajstić information content (AvgIpc) is 2.55. The van der Waals surface area contributed by atoms with Crippen molar-refractivity contribution in [3.63, 3.8) is 0 Å². The number of Topliss-reactive ketones (excluding diaryl/α,β-unsaturated/α-hetero) is 1. The minimum absolute atomic E-state index is 0.135. The van der Waals surface area contributed by atoms with Gasteiger partial charge < -0.3 is 19.7 Å². The van der Waals surface area contributed by atoms with Crippen LogP contribution in [0.2, 0.25) is 0 Å². The van der Waals surface area contributed by atoms with Gasteiger partial charge in [-0.2, -0.15) is 0 Å². The van der Waals surface area contributed by atoms with E-state index in [-0.39, 0.29) is 17.1 Å². The summed E-state index contributed by atoms with van der Waals surface area (Å²) in [5.41, 5.74) is 2.41. The number of carbonyl (C=O) groups excluding carboxylic acids is 1. The lowest BCUT2D eigenvalue weighted by molar-refractivity contribution is -0.0422. The summed E-state index contributed by atoms with van der Waals surface area (Å²) in [6.45, 7) is 11.5. The second-order valence-corrected chi connectivity index (χ2v) is 8.24. The van der Waals surface area contributed by atoms with E-state index in [9.17, 15) is 15.0 Å². The molecule has 0 saturated heterocycles. The van der Waals surface area contributed by atoms with Crippen LogP contribution < -0.4 is 9.47 Å². The van der Waals surface area contributed by atoms with Crippen LogP contribution in [0.25, 0.3) is 0 Å². The molecule has 1 unspecified atom stereocenters. The van der Waals surface area contributed by atoms with Crippen LogP contribution in [0.4, 0.5) is 0 Å². The molecule has 0 fully saturated rings. The normalized spacial score (nSPS) is 18.1. The molecule has 0 spiro atoms. The van der Waals surface area contributed by atoms with E-state index in [0.29, 0.717) is 30.1 Å². The van der Waals surface area contributed by atoms with Crippen LogP contribution in [0.15, 0.2) is 29.4 Å². The molecule has 0 aliphatic carbocycles. The molecule has 5 nitrogen and oxygen atoms in total. The van der Waals surface area contributed by atoms with Crippen molar-refractivity contribution in [2.24, 2.45) is 0 Å². The van der Waals surface area contributed by atoms with Crippen molar-refractivity contribution in [2.45, 2.75) is 72.5 Å². The van der Waals surface area contributed by atoms with Gasteiger partial charge >= 0.3 is 0 Å². The topological polar surface area (TPSA) is 76.0 Å². The third-order valence-electron chi connectivity index (χ3n) is 5.00. The maximum Gasteiger partial charge on any atom is 0.167 e. The molecule has 0 saturated carbocycles. The lowest BCUT2D eigenvalue weighted by Gasteiger charge is -2.38. The van der Waals surface area contributed by atoms with Gasteiger partial charge in [0, 0.05) is 18.1 Å². The molecule has 1 aliphatic rings. The summed E-state index contributed by atoms with van der Waals surface area (Å²) in [5.74, 6) is 0.280. The molecular formula is C23H32O5. The number of ketones is 1. The molecular weight excluding hydrogens is 356 g/mol. The third-order valence-corrected chi connectivity index (χ3v) is 5.00. The highest BCUT2D eigenvalue weighted by molar-refractivity contribution is 6.00. The van der Waals surface area contributed by atoms with Crippen LogP contribution >= 0.6 is 0 Å². The largest absolute Gasteiger partial charge is 0.507 e. The number of aromatic hydroxyl groups is 1. The summed E-state index contributed by atoms with van der Waals surface area (Å²) >= 11 is 0. The number of fused-ring (bicyclic) bond motifs is 1. The van der Waals surface area contributed by atoms with E-state index in [4.69, 9.17) is 9.47 Å². The number of phenols is 1.